The fourth-order valence-corrected chi connectivity index (χ4v) is 1.58. The molecule has 0 saturated heterocycles. The maximum absolute atomic E-state index is 11.3. The van der Waals surface area contributed by atoms with E-state index in [0.717, 1.165) is 6.54 Å². The van der Waals surface area contributed by atoms with Crippen molar-refractivity contribution < 1.29 is 14.7 Å². The van der Waals surface area contributed by atoms with Crippen molar-refractivity contribution in [1.29, 1.82) is 0 Å². The molecule has 0 aromatic carbocycles. The molecule has 17 heavy (non-hydrogen) atoms. The molecule has 0 aromatic heterocycles. The Balaban J connectivity index is 3.79. The van der Waals surface area contributed by atoms with Gasteiger partial charge in [-0.1, -0.05) is 13.8 Å². The lowest BCUT2D eigenvalue weighted by molar-refractivity contribution is -0.136. The van der Waals surface area contributed by atoms with Crippen LogP contribution < -0.4 is 10.6 Å². The van der Waals surface area contributed by atoms with Gasteiger partial charge >= 0.3 is 12.0 Å². The Labute approximate surface area is 102 Å². The molecule has 0 saturated carbocycles. The van der Waals surface area contributed by atoms with Gasteiger partial charge < -0.3 is 20.6 Å². The van der Waals surface area contributed by atoms with Crippen LogP contribution in [0.5, 0.6) is 0 Å². The Hall–Kier alpha value is -1.30. The molecule has 6 nitrogen and oxygen atoms in total. The third kappa shape index (κ3) is 9.62. The average Bonchev–Trinajstić information content (AvgIpc) is 2.12. The van der Waals surface area contributed by atoms with Gasteiger partial charge in [-0.05, 0) is 19.5 Å². The Morgan fingerprint density at radius 1 is 1.24 bits per heavy atom. The molecule has 0 atom stereocenters. The zero-order valence-corrected chi connectivity index (χ0v) is 11.0. The molecule has 0 bridgehead atoms. The van der Waals surface area contributed by atoms with Crippen LogP contribution in [0.4, 0.5) is 4.79 Å². The summed E-state index contributed by atoms with van der Waals surface area (Å²) < 4.78 is 0. The Morgan fingerprint density at radius 2 is 1.82 bits per heavy atom. The predicted molar refractivity (Wildman–Crippen MR) is 66.0 cm³/mol. The summed E-state index contributed by atoms with van der Waals surface area (Å²) in [6.45, 7) is 5.68. The van der Waals surface area contributed by atoms with E-state index in [1.54, 1.807) is 0 Å². The fourth-order valence-electron chi connectivity index (χ4n) is 1.58. The smallest absolute Gasteiger partial charge is 0.314 e. The molecular formula is C11H23N3O3. The highest BCUT2D eigenvalue weighted by Gasteiger charge is 2.19. The first-order valence-corrected chi connectivity index (χ1v) is 5.61. The van der Waals surface area contributed by atoms with Crippen LogP contribution in [0.15, 0.2) is 0 Å². The second-order valence-electron chi connectivity index (χ2n) is 5.16. The number of aliphatic carboxylic acids is 1. The molecule has 2 amide bonds. The summed E-state index contributed by atoms with van der Waals surface area (Å²) in [6, 6.07) is -0.321. The molecule has 100 valence electrons. The molecular weight excluding hydrogens is 222 g/mol. The number of amides is 2. The predicted octanol–water partition coefficient (Wildman–Crippen LogP) is 0.348. The molecule has 0 spiro atoms. The van der Waals surface area contributed by atoms with E-state index in [2.05, 4.69) is 29.4 Å². The monoisotopic (exact) mass is 245 g/mol. The normalized spacial score (nSPS) is 11.4. The number of rotatable bonds is 7. The van der Waals surface area contributed by atoms with Crippen LogP contribution in [0.3, 0.4) is 0 Å². The van der Waals surface area contributed by atoms with Crippen molar-refractivity contribution in [3.63, 3.8) is 0 Å². The molecule has 0 rings (SSSR count). The van der Waals surface area contributed by atoms with E-state index >= 15 is 0 Å². The van der Waals surface area contributed by atoms with E-state index in [9.17, 15) is 9.59 Å². The molecule has 0 aliphatic carbocycles. The van der Waals surface area contributed by atoms with Crippen LogP contribution >= 0.6 is 0 Å². The summed E-state index contributed by atoms with van der Waals surface area (Å²) in [4.78, 5) is 23.6. The van der Waals surface area contributed by atoms with Crippen LogP contribution in [0, 0.1) is 5.41 Å². The van der Waals surface area contributed by atoms with Gasteiger partial charge in [-0.25, -0.2) is 4.79 Å². The van der Waals surface area contributed by atoms with Gasteiger partial charge in [0.15, 0.2) is 0 Å². The SMILES string of the molecule is CN(C)CC(C)(C)CNC(=O)NCCC(=O)O. The lowest BCUT2D eigenvalue weighted by Gasteiger charge is -2.28. The summed E-state index contributed by atoms with van der Waals surface area (Å²) in [5.41, 5.74) is -0.0202. The third-order valence-electron chi connectivity index (χ3n) is 2.10. The summed E-state index contributed by atoms with van der Waals surface area (Å²) in [7, 11) is 3.96. The minimum absolute atomic E-state index is 0.0202. The lowest BCUT2D eigenvalue weighted by atomic mass is 9.93. The quantitative estimate of drug-likeness (QED) is 0.604. The van der Waals surface area contributed by atoms with Gasteiger partial charge in [0, 0.05) is 19.6 Å². The highest BCUT2D eigenvalue weighted by atomic mass is 16.4. The molecule has 3 N–H and O–H groups in total. The number of carboxylic acid groups (broad SMARTS) is 1. The van der Waals surface area contributed by atoms with Gasteiger partial charge in [-0.2, -0.15) is 0 Å². The number of urea groups is 1. The number of hydrogen-bond acceptors (Lipinski definition) is 3. The molecule has 0 aliphatic heterocycles. The molecule has 0 aliphatic rings. The zero-order chi connectivity index (χ0) is 13.5. The number of carbonyl (C=O) groups is 2. The Bertz CT molecular complexity index is 265. The van der Waals surface area contributed by atoms with Gasteiger partial charge in [0.2, 0.25) is 0 Å². The molecule has 6 heteroatoms. The maximum Gasteiger partial charge on any atom is 0.314 e. The number of carboxylic acids is 1. The Kier molecular flexibility index (Phi) is 6.57. The van der Waals surface area contributed by atoms with Crippen molar-refractivity contribution in [2.45, 2.75) is 20.3 Å². The zero-order valence-electron chi connectivity index (χ0n) is 11.0. The summed E-state index contributed by atoms with van der Waals surface area (Å²) in [6.07, 6.45) is -0.0610. The first-order valence-electron chi connectivity index (χ1n) is 5.61. The number of nitrogens with one attached hydrogen (secondary N) is 2. The van der Waals surface area contributed by atoms with Crippen LogP contribution in [0.25, 0.3) is 0 Å². The van der Waals surface area contributed by atoms with Crippen molar-refractivity contribution in [3.05, 3.63) is 0 Å². The molecule has 0 radical (unpaired) electrons. The van der Waals surface area contributed by atoms with Crippen molar-refractivity contribution >= 4 is 12.0 Å². The topological polar surface area (TPSA) is 81.7 Å². The molecule has 0 fully saturated rings. The molecule has 0 heterocycles. The van der Waals surface area contributed by atoms with Crippen LogP contribution in [-0.4, -0.2) is 55.7 Å². The van der Waals surface area contributed by atoms with Crippen LogP contribution in [0.2, 0.25) is 0 Å². The molecule has 0 unspecified atom stereocenters. The van der Waals surface area contributed by atoms with E-state index in [0.29, 0.717) is 6.54 Å². The van der Waals surface area contributed by atoms with Crippen LogP contribution in [-0.2, 0) is 4.79 Å². The summed E-state index contributed by atoms with van der Waals surface area (Å²) >= 11 is 0. The lowest BCUT2D eigenvalue weighted by Crippen LogP contribution is -2.44. The van der Waals surface area contributed by atoms with E-state index in [-0.39, 0.29) is 24.4 Å². The second kappa shape index (κ2) is 7.11. The average molecular weight is 245 g/mol. The van der Waals surface area contributed by atoms with E-state index in [4.69, 9.17) is 5.11 Å². The minimum atomic E-state index is -0.918. The number of hydrogen-bond donors (Lipinski definition) is 3. The van der Waals surface area contributed by atoms with E-state index in [1.165, 1.54) is 0 Å². The second-order valence-corrected chi connectivity index (χ2v) is 5.16. The van der Waals surface area contributed by atoms with Crippen molar-refractivity contribution in [2.75, 3.05) is 33.7 Å². The standard InChI is InChI=1S/C11H23N3O3/c1-11(2,8-14(3)4)7-13-10(17)12-6-5-9(15)16/h5-8H2,1-4H3,(H,15,16)(H2,12,13,17). The van der Waals surface area contributed by atoms with Gasteiger partial charge in [0.25, 0.3) is 0 Å². The maximum atomic E-state index is 11.3. The third-order valence-corrected chi connectivity index (χ3v) is 2.10. The number of nitrogens with zero attached hydrogens (tertiary/aromatic N) is 1. The minimum Gasteiger partial charge on any atom is -0.481 e. The Morgan fingerprint density at radius 3 is 2.29 bits per heavy atom. The fraction of sp³-hybridized carbons (Fsp3) is 0.818. The summed E-state index contributed by atoms with van der Waals surface area (Å²) in [5, 5.41) is 13.6. The van der Waals surface area contributed by atoms with Crippen molar-refractivity contribution in [3.8, 4) is 0 Å². The van der Waals surface area contributed by atoms with Gasteiger partial charge in [0.1, 0.15) is 0 Å². The van der Waals surface area contributed by atoms with E-state index in [1.807, 2.05) is 14.1 Å². The van der Waals surface area contributed by atoms with Crippen LogP contribution in [0.1, 0.15) is 20.3 Å². The van der Waals surface area contributed by atoms with Gasteiger partial charge in [0.05, 0.1) is 6.42 Å². The summed E-state index contributed by atoms with van der Waals surface area (Å²) in [5.74, 6) is -0.918. The first kappa shape index (κ1) is 15.7. The highest BCUT2D eigenvalue weighted by Crippen LogP contribution is 2.13. The van der Waals surface area contributed by atoms with Gasteiger partial charge in [-0.15, -0.1) is 0 Å². The van der Waals surface area contributed by atoms with Gasteiger partial charge in [-0.3, -0.25) is 4.79 Å². The van der Waals surface area contributed by atoms with E-state index < -0.39 is 5.97 Å². The number of carbonyl (C=O) groups excluding carboxylic acids is 1. The largest absolute Gasteiger partial charge is 0.481 e. The van der Waals surface area contributed by atoms with Crippen molar-refractivity contribution in [1.82, 2.24) is 15.5 Å². The van der Waals surface area contributed by atoms with Crippen molar-refractivity contribution in [2.24, 2.45) is 5.41 Å². The first-order chi connectivity index (χ1) is 7.73. The molecule has 0 aromatic rings. The highest BCUT2D eigenvalue weighted by molar-refractivity contribution is 5.74.